The van der Waals surface area contributed by atoms with Gasteiger partial charge in [-0.3, -0.25) is 0 Å². The van der Waals surface area contributed by atoms with E-state index >= 15 is 0 Å². The predicted molar refractivity (Wildman–Crippen MR) is 259 cm³/mol. The first kappa shape index (κ1) is 54.2. The van der Waals surface area contributed by atoms with E-state index in [0.29, 0.717) is 0 Å². The largest absolute Gasteiger partial charge is 0.205 e. The second-order valence-electron chi connectivity index (χ2n) is 19.1. The van der Waals surface area contributed by atoms with E-state index in [0.717, 1.165) is 0 Å². The fraction of sp³-hybridized carbons (Fsp3) is 0.911. The van der Waals surface area contributed by atoms with E-state index in [4.69, 9.17) is 0 Å². The van der Waals surface area contributed by atoms with Crippen LogP contribution in [0, 0.1) is 0 Å². The summed E-state index contributed by atoms with van der Waals surface area (Å²) in [5, 5.41) is 0. The van der Waals surface area contributed by atoms with Crippen molar-refractivity contribution in [3.05, 3.63) is 29.6 Å². The lowest BCUT2D eigenvalue weighted by Gasteiger charge is -2.10. The SMILES string of the molecule is CCCCCCCCCCCCCCCCCCCc1cc[n+](CCCCCCCCCCCCC)cc1CCCCCCCCCCCCCCCCCCC. The van der Waals surface area contributed by atoms with Gasteiger partial charge in [0.15, 0.2) is 12.4 Å². The highest BCUT2D eigenvalue weighted by Crippen LogP contribution is 2.19. The van der Waals surface area contributed by atoms with Crippen LogP contribution in [0.25, 0.3) is 0 Å². The summed E-state index contributed by atoms with van der Waals surface area (Å²) in [6, 6.07) is 2.52. The van der Waals surface area contributed by atoms with E-state index in [9.17, 15) is 0 Å². The van der Waals surface area contributed by atoms with Crippen molar-refractivity contribution in [3.63, 3.8) is 0 Å². The normalized spacial score (nSPS) is 11.6. The standard InChI is InChI=1S/C56H108N/c1-4-7-10-13-16-19-22-24-26-28-30-32-34-37-40-43-46-49-55-51-53-57(52-48-45-42-39-36-21-18-15-12-9-6-3)54-56(55)50-47-44-41-38-35-33-31-29-27-25-23-20-17-14-11-8-5-2/h51,53-54H,4-50,52H2,1-3H3/q+1. The summed E-state index contributed by atoms with van der Waals surface area (Å²) in [7, 11) is 0. The summed E-state index contributed by atoms with van der Waals surface area (Å²) in [4.78, 5) is 0. The summed E-state index contributed by atoms with van der Waals surface area (Å²) >= 11 is 0. The van der Waals surface area contributed by atoms with Crippen LogP contribution in [0.1, 0.15) is 321 Å². The number of aryl methyl sites for hydroxylation is 3. The number of aromatic nitrogens is 1. The summed E-state index contributed by atoms with van der Waals surface area (Å²) in [6.07, 6.45) is 72.8. The second-order valence-corrected chi connectivity index (χ2v) is 19.1. The molecule has 0 aromatic carbocycles. The molecule has 0 fully saturated rings. The molecule has 57 heavy (non-hydrogen) atoms. The van der Waals surface area contributed by atoms with Crippen LogP contribution in [0.3, 0.4) is 0 Å². The van der Waals surface area contributed by atoms with Gasteiger partial charge < -0.3 is 0 Å². The molecular weight excluding hydrogens is 687 g/mol. The summed E-state index contributed by atoms with van der Waals surface area (Å²) in [6.45, 7) is 8.16. The second kappa shape index (κ2) is 46.2. The van der Waals surface area contributed by atoms with Gasteiger partial charge in [-0.2, -0.15) is 0 Å². The van der Waals surface area contributed by atoms with E-state index < -0.39 is 0 Å². The number of hydrogen-bond acceptors (Lipinski definition) is 0. The summed E-state index contributed by atoms with van der Waals surface area (Å²) < 4.78 is 2.55. The molecular formula is C56H108N+. The minimum atomic E-state index is 1.21. The Balaban J connectivity index is 2.25. The summed E-state index contributed by atoms with van der Waals surface area (Å²) in [5.74, 6) is 0. The Morgan fingerprint density at radius 1 is 0.263 bits per heavy atom. The Labute approximate surface area is 361 Å². The third-order valence-electron chi connectivity index (χ3n) is 13.3. The molecule has 1 rings (SSSR count). The van der Waals surface area contributed by atoms with Gasteiger partial charge in [0.25, 0.3) is 0 Å². The van der Waals surface area contributed by atoms with Crippen molar-refractivity contribution < 1.29 is 4.57 Å². The van der Waals surface area contributed by atoms with Crippen molar-refractivity contribution in [1.29, 1.82) is 0 Å². The van der Waals surface area contributed by atoms with Crippen LogP contribution in [-0.2, 0) is 19.4 Å². The van der Waals surface area contributed by atoms with Crippen LogP contribution in [-0.4, -0.2) is 0 Å². The first-order chi connectivity index (χ1) is 28.3. The molecule has 0 saturated carbocycles. The van der Waals surface area contributed by atoms with Gasteiger partial charge >= 0.3 is 0 Å². The zero-order chi connectivity index (χ0) is 40.8. The Hall–Kier alpha value is -0.850. The van der Waals surface area contributed by atoms with Crippen molar-refractivity contribution in [2.24, 2.45) is 0 Å². The average molecular weight is 795 g/mol. The summed E-state index contributed by atoms with van der Waals surface area (Å²) in [5.41, 5.74) is 3.35. The van der Waals surface area contributed by atoms with Gasteiger partial charge in [0.05, 0.1) is 0 Å². The lowest BCUT2D eigenvalue weighted by Crippen LogP contribution is -2.34. The van der Waals surface area contributed by atoms with Crippen LogP contribution in [0.15, 0.2) is 18.5 Å². The van der Waals surface area contributed by atoms with Crippen LogP contribution in [0.5, 0.6) is 0 Å². The molecule has 0 aliphatic rings. The first-order valence-corrected chi connectivity index (χ1v) is 27.3. The average Bonchev–Trinajstić information content (AvgIpc) is 3.22. The quantitative estimate of drug-likeness (QED) is 0.0457. The van der Waals surface area contributed by atoms with Crippen molar-refractivity contribution >= 4 is 0 Å². The molecule has 0 N–H and O–H groups in total. The topological polar surface area (TPSA) is 3.88 Å². The molecule has 1 heteroatoms. The molecule has 336 valence electrons. The molecule has 0 unspecified atom stereocenters. The first-order valence-electron chi connectivity index (χ1n) is 27.3. The molecule has 0 bridgehead atoms. The molecule has 0 aliphatic carbocycles. The van der Waals surface area contributed by atoms with Gasteiger partial charge in [0.2, 0.25) is 0 Å². The van der Waals surface area contributed by atoms with Crippen LogP contribution >= 0.6 is 0 Å². The molecule has 1 aromatic heterocycles. The molecule has 0 saturated heterocycles. The molecule has 1 nitrogen and oxygen atoms in total. The van der Waals surface area contributed by atoms with Crippen LogP contribution < -0.4 is 4.57 Å². The fourth-order valence-electron chi connectivity index (χ4n) is 9.27. The van der Waals surface area contributed by atoms with E-state index in [1.165, 1.54) is 308 Å². The van der Waals surface area contributed by atoms with E-state index in [1.807, 2.05) is 0 Å². The number of nitrogens with zero attached hydrogens (tertiary/aromatic N) is 1. The molecule has 0 aliphatic heterocycles. The zero-order valence-corrected chi connectivity index (χ0v) is 40.1. The molecule has 0 radical (unpaired) electrons. The maximum atomic E-state index is 2.58. The highest BCUT2D eigenvalue weighted by molar-refractivity contribution is 5.21. The smallest absolute Gasteiger partial charge is 0.172 e. The van der Waals surface area contributed by atoms with Crippen molar-refractivity contribution in [1.82, 2.24) is 0 Å². The number of rotatable bonds is 48. The molecule has 0 spiro atoms. The molecule has 1 aromatic rings. The van der Waals surface area contributed by atoms with Gasteiger partial charge in [-0.1, -0.05) is 284 Å². The van der Waals surface area contributed by atoms with Crippen molar-refractivity contribution in [3.8, 4) is 0 Å². The number of pyridine rings is 1. The third kappa shape index (κ3) is 39.1. The lowest BCUT2D eigenvalue weighted by molar-refractivity contribution is -0.697. The van der Waals surface area contributed by atoms with Crippen LogP contribution in [0.4, 0.5) is 0 Å². The Morgan fingerprint density at radius 2 is 0.491 bits per heavy atom. The predicted octanol–water partition coefficient (Wildman–Crippen LogP) is 19.7. The highest BCUT2D eigenvalue weighted by atomic mass is 14.9. The minimum absolute atomic E-state index is 1.21. The lowest BCUT2D eigenvalue weighted by atomic mass is 9.97. The molecule has 1 heterocycles. The van der Waals surface area contributed by atoms with Gasteiger partial charge in [-0.15, -0.1) is 0 Å². The Kier molecular flexibility index (Phi) is 43.9. The minimum Gasteiger partial charge on any atom is -0.205 e. The van der Waals surface area contributed by atoms with E-state index in [2.05, 4.69) is 43.8 Å². The number of hydrogen-bond donors (Lipinski definition) is 0. The van der Waals surface area contributed by atoms with Gasteiger partial charge in [-0.05, 0) is 37.7 Å². The van der Waals surface area contributed by atoms with E-state index in [1.54, 1.807) is 11.1 Å². The maximum absolute atomic E-state index is 2.58. The van der Waals surface area contributed by atoms with Crippen molar-refractivity contribution in [2.45, 2.75) is 329 Å². The monoisotopic (exact) mass is 795 g/mol. The maximum Gasteiger partial charge on any atom is 0.172 e. The third-order valence-corrected chi connectivity index (χ3v) is 13.3. The van der Waals surface area contributed by atoms with Crippen LogP contribution in [0.2, 0.25) is 0 Å². The van der Waals surface area contributed by atoms with Gasteiger partial charge in [-0.25, -0.2) is 4.57 Å². The highest BCUT2D eigenvalue weighted by Gasteiger charge is 2.10. The van der Waals surface area contributed by atoms with E-state index in [-0.39, 0.29) is 0 Å². The number of unbranched alkanes of at least 4 members (excludes halogenated alkanes) is 42. The Morgan fingerprint density at radius 3 is 0.772 bits per heavy atom. The zero-order valence-electron chi connectivity index (χ0n) is 40.1. The molecule has 0 atom stereocenters. The van der Waals surface area contributed by atoms with Gasteiger partial charge in [0.1, 0.15) is 6.54 Å². The van der Waals surface area contributed by atoms with Gasteiger partial charge in [0, 0.05) is 18.1 Å². The fourth-order valence-corrected chi connectivity index (χ4v) is 9.27. The van der Waals surface area contributed by atoms with Crippen molar-refractivity contribution in [2.75, 3.05) is 0 Å². The molecule has 0 amide bonds. The Bertz CT molecular complexity index is 889.